The molecule has 4 heteroatoms. The fraction of sp³-hybridized carbons (Fsp3) is 0. The fourth-order valence-corrected chi connectivity index (χ4v) is 6.58. The molecule has 0 aliphatic rings. The summed E-state index contributed by atoms with van der Waals surface area (Å²) in [6, 6.07) is 59.3. The van der Waals surface area contributed by atoms with E-state index >= 15 is 0 Å². The van der Waals surface area contributed by atoms with Gasteiger partial charge < -0.3 is 0 Å². The van der Waals surface area contributed by atoms with Crippen LogP contribution in [0.2, 0.25) is 0 Å². The van der Waals surface area contributed by atoms with Gasteiger partial charge in [0.1, 0.15) is 0 Å². The van der Waals surface area contributed by atoms with Gasteiger partial charge in [-0.15, -0.1) is 0 Å². The molecule has 9 aromatic rings. The minimum atomic E-state index is 0.589. The summed E-state index contributed by atoms with van der Waals surface area (Å²) in [5.41, 5.74) is 8.69. The summed E-state index contributed by atoms with van der Waals surface area (Å²) in [7, 11) is 0. The minimum Gasteiger partial charge on any atom is -0.278 e. The van der Waals surface area contributed by atoms with Gasteiger partial charge in [0.25, 0.3) is 0 Å². The van der Waals surface area contributed by atoms with Crippen molar-refractivity contribution >= 4 is 32.6 Å². The van der Waals surface area contributed by atoms with Gasteiger partial charge in [0.15, 0.2) is 11.6 Å². The van der Waals surface area contributed by atoms with Gasteiger partial charge in [-0.2, -0.15) is 9.97 Å². The molecule has 0 atom stereocenters. The lowest BCUT2D eigenvalue weighted by molar-refractivity contribution is 0.953. The number of aromatic nitrogens is 4. The van der Waals surface area contributed by atoms with E-state index in [0.29, 0.717) is 17.6 Å². The Morgan fingerprint density at radius 3 is 1.66 bits per heavy atom. The normalized spacial score (nSPS) is 11.4. The summed E-state index contributed by atoms with van der Waals surface area (Å²) in [4.78, 5) is 15.3. The summed E-state index contributed by atoms with van der Waals surface area (Å²) in [6.45, 7) is 0. The first-order chi connectivity index (χ1) is 23.3. The summed E-state index contributed by atoms with van der Waals surface area (Å²) in [5.74, 6) is 1.85. The van der Waals surface area contributed by atoms with E-state index in [1.807, 2.05) is 36.4 Å². The highest BCUT2D eigenvalue weighted by Crippen LogP contribution is 2.35. The highest BCUT2D eigenvalue weighted by molar-refractivity contribution is 6.10. The fourth-order valence-electron chi connectivity index (χ4n) is 6.58. The number of hydrogen-bond donors (Lipinski definition) is 0. The number of rotatable bonds is 5. The number of fused-ring (bicyclic) bond motifs is 4. The molecule has 0 aliphatic carbocycles. The zero-order chi connectivity index (χ0) is 31.2. The van der Waals surface area contributed by atoms with Gasteiger partial charge in [0.05, 0.1) is 11.0 Å². The van der Waals surface area contributed by atoms with E-state index in [2.05, 4.69) is 138 Å². The van der Waals surface area contributed by atoms with E-state index in [0.717, 1.165) is 38.5 Å². The summed E-state index contributed by atoms with van der Waals surface area (Å²) in [6.07, 6.45) is 0. The van der Waals surface area contributed by atoms with Crippen LogP contribution in [-0.2, 0) is 0 Å². The smallest absolute Gasteiger partial charge is 0.238 e. The molecular weight excluding hydrogens is 573 g/mol. The highest BCUT2D eigenvalue weighted by Gasteiger charge is 2.18. The molecule has 4 nitrogen and oxygen atoms in total. The molecule has 0 amide bonds. The third kappa shape index (κ3) is 4.75. The van der Waals surface area contributed by atoms with Gasteiger partial charge in [-0.05, 0) is 51.2 Å². The Labute approximate surface area is 272 Å². The van der Waals surface area contributed by atoms with Crippen LogP contribution in [-0.4, -0.2) is 19.5 Å². The Morgan fingerprint density at radius 2 is 0.894 bits per heavy atom. The molecular formula is C43H28N4. The van der Waals surface area contributed by atoms with Gasteiger partial charge in [0.2, 0.25) is 5.95 Å². The molecule has 220 valence electrons. The van der Waals surface area contributed by atoms with Crippen molar-refractivity contribution in [2.24, 2.45) is 0 Å². The van der Waals surface area contributed by atoms with E-state index < -0.39 is 0 Å². The SMILES string of the molecule is c1ccc(-c2ccc3c(c2)c2ccccc2n3-c2nc(-c3ccccc3)nc(-c3ccc(-c4cccc5ccccc45)cc3)n2)cc1. The largest absolute Gasteiger partial charge is 0.278 e. The molecule has 7 aromatic carbocycles. The van der Waals surface area contributed by atoms with Crippen molar-refractivity contribution in [1.82, 2.24) is 19.5 Å². The van der Waals surface area contributed by atoms with Crippen LogP contribution < -0.4 is 0 Å². The molecule has 0 unspecified atom stereocenters. The van der Waals surface area contributed by atoms with Crippen LogP contribution in [0.3, 0.4) is 0 Å². The van der Waals surface area contributed by atoms with Crippen LogP contribution in [0.4, 0.5) is 0 Å². The monoisotopic (exact) mass is 600 g/mol. The first kappa shape index (κ1) is 27.0. The number of hydrogen-bond acceptors (Lipinski definition) is 3. The van der Waals surface area contributed by atoms with E-state index in [-0.39, 0.29) is 0 Å². The predicted octanol–water partition coefficient (Wildman–Crippen LogP) is 10.8. The van der Waals surface area contributed by atoms with Crippen LogP contribution in [0.15, 0.2) is 170 Å². The third-order valence-corrected chi connectivity index (χ3v) is 8.88. The molecule has 0 saturated carbocycles. The standard InChI is InChI=1S/C43H28N4/c1-3-12-29(13-4-1)34-26-27-40-38(28-34)37-19-9-10-21-39(37)47(40)43-45-41(32-15-5-2-6-16-32)44-42(46-43)33-24-22-31(23-25-33)36-20-11-17-30-14-7-8-18-35(30)36/h1-28H. The van der Waals surface area contributed by atoms with Crippen molar-refractivity contribution in [1.29, 1.82) is 0 Å². The Kier molecular flexibility index (Phi) is 6.43. The number of para-hydroxylation sites is 1. The lowest BCUT2D eigenvalue weighted by atomic mass is 9.97. The van der Waals surface area contributed by atoms with Gasteiger partial charge in [-0.25, -0.2) is 4.98 Å². The maximum absolute atomic E-state index is 5.15. The molecule has 47 heavy (non-hydrogen) atoms. The highest BCUT2D eigenvalue weighted by atomic mass is 15.2. The van der Waals surface area contributed by atoms with Crippen molar-refractivity contribution in [2.75, 3.05) is 0 Å². The van der Waals surface area contributed by atoms with Crippen LogP contribution in [0.5, 0.6) is 0 Å². The zero-order valence-electron chi connectivity index (χ0n) is 25.5. The third-order valence-electron chi connectivity index (χ3n) is 8.88. The topological polar surface area (TPSA) is 43.6 Å². The first-order valence-electron chi connectivity index (χ1n) is 15.8. The summed E-state index contributed by atoms with van der Waals surface area (Å²) >= 11 is 0. The molecule has 0 radical (unpaired) electrons. The van der Waals surface area contributed by atoms with E-state index in [4.69, 9.17) is 15.0 Å². The quantitative estimate of drug-likeness (QED) is 0.197. The Hall–Kier alpha value is -6.39. The van der Waals surface area contributed by atoms with Crippen LogP contribution in [0.1, 0.15) is 0 Å². The summed E-state index contributed by atoms with van der Waals surface area (Å²) < 4.78 is 2.17. The lowest BCUT2D eigenvalue weighted by Crippen LogP contribution is -2.06. The molecule has 0 fully saturated rings. The zero-order valence-corrected chi connectivity index (χ0v) is 25.5. The Balaban J connectivity index is 1.23. The van der Waals surface area contributed by atoms with E-state index in [9.17, 15) is 0 Å². The van der Waals surface area contributed by atoms with Gasteiger partial charge in [-0.3, -0.25) is 4.57 Å². The van der Waals surface area contributed by atoms with E-state index in [1.54, 1.807) is 0 Å². The molecule has 2 aromatic heterocycles. The summed E-state index contributed by atoms with van der Waals surface area (Å²) in [5, 5.41) is 4.77. The van der Waals surface area contributed by atoms with Crippen molar-refractivity contribution in [3.63, 3.8) is 0 Å². The van der Waals surface area contributed by atoms with Gasteiger partial charge in [0, 0.05) is 21.9 Å². The second-order valence-electron chi connectivity index (χ2n) is 11.7. The van der Waals surface area contributed by atoms with Crippen LogP contribution in [0.25, 0.3) is 83.6 Å². The van der Waals surface area contributed by atoms with Crippen molar-refractivity contribution in [3.05, 3.63) is 170 Å². The number of benzene rings is 7. The van der Waals surface area contributed by atoms with Crippen molar-refractivity contribution < 1.29 is 0 Å². The van der Waals surface area contributed by atoms with Gasteiger partial charge >= 0.3 is 0 Å². The molecule has 0 aliphatic heterocycles. The maximum atomic E-state index is 5.15. The molecule has 0 N–H and O–H groups in total. The lowest BCUT2D eigenvalue weighted by Gasteiger charge is -2.12. The van der Waals surface area contributed by atoms with Crippen LogP contribution in [0, 0.1) is 0 Å². The molecule has 2 heterocycles. The van der Waals surface area contributed by atoms with Crippen molar-refractivity contribution in [3.8, 4) is 51.0 Å². The molecule has 0 saturated heterocycles. The average Bonchev–Trinajstić information content (AvgIpc) is 3.49. The van der Waals surface area contributed by atoms with Crippen molar-refractivity contribution in [2.45, 2.75) is 0 Å². The van der Waals surface area contributed by atoms with Gasteiger partial charge in [-0.1, -0.05) is 152 Å². The predicted molar refractivity (Wildman–Crippen MR) is 193 cm³/mol. The molecule has 0 spiro atoms. The minimum absolute atomic E-state index is 0.589. The Morgan fingerprint density at radius 1 is 0.340 bits per heavy atom. The molecule has 9 rings (SSSR count). The first-order valence-corrected chi connectivity index (χ1v) is 15.8. The second kappa shape index (κ2) is 11.2. The number of nitrogens with zero attached hydrogens (tertiary/aromatic N) is 4. The van der Waals surface area contributed by atoms with Crippen LogP contribution >= 0.6 is 0 Å². The molecule has 0 bridgehead atoms. The maximum Gasteiger partial charge on any atom is 0.238 e. The Bertz CT molecular complexity index is 2550. The second-order valence-corrected chi connectivity index (χ2v) is 11.7. The average molecular weight is 601 g/mol. The van der Waals surface area contributed by atoms with E-state index in [1.165, 1.54) is 27.5 Å².